The summed E-state index contributed by atoms with van der Waals surface area (Å²) in [5, 5.41) is 0. The number of ether oxygens (including phenoxy) is 1. The maximum Gasteiger partial charge on any atom is 0.253 e. The second-order valence-corrected chi connectivity index (χ2v) is 6.58. The van der Waals surface area contributed by atoms with Gasteiger partial charge in [0.2, 0.25) is 11.8 Å². The summed E-state index contributed by atoms with van der Waals surface area (Å²) < 4.78 is 5.14. The highest BCUT2D eigenvalue weighted by atomic mass is 16.5. The Morgan fingerprint density at radius 3 is 2.07 bits per heavy atom. The highest BCUT2D eigenvalue weighted by Crippen LogP contribution is 2.17. The molecule has 1 aliphatic heterocycles. The number of imide groups is 1. The van der Waals surface area contributed by atoms with Gasteiger partial charge in [-0.25, -0.2) is 0 Å². The van der Waals surface area contributed by atoms with Crippen molar-refractivity contribution in [1.82, 2.24) is 9.80 Å². The number of carbonyl (C=O) groups is 3. The molecule has 2 aromatic carbocycles. The third-order valence-corrected chi connectivity index (χ3v) is 4.62. The van der Waals surface area contributed by atoms with Gasteiger partial charge in [0.1, 0.15) is 5.75 Å². The molecular formula is C21H22N2O4. The second kappa shape index (κ2) is 8.03. The zero-order valence-corrected chi connectivity index (χ0v) is 15.5. The van der Waals surface area contributed by atoms with Gasteiger partial charge in [-0.3, -0.25) is 19.3 Å². The van der Waals surface area contributed by atoms with Gasteiger partial charge >= 0.3 is 0 Å². The molecule has 6 nitrogen and oxygen atoms in total. The van der Waals surface area contributed by atoms with Crippen LogP contribution in [-0.2, 0) is 22.7 Å². The quantitative estimate of drug-likeness (QED) is 0.737. The van der Waals surface area contributed by atoms with Crippen LogP contribution in [0.4, 0.5) is 0 Å². The first-order valence-electron chi connectivity index (χ1n) is 8.78. The van der Waals surface area contributed by atoms with Crippen LogP contribution in [0.25, 0.3) is 0 Å². The van der Waals surface area contributed by atoms with Crippen molar-refractivity contribution in [2.24, 2.45) is 0 Å². The lowest BCUT2D eigenvalue weighted by molar-refractivity contribution is -0.139. The lowest BCUT2D eigenvalue weighted by Crippen LogP contribution is -2.28. The van der Waals surface area contributed by atoms with Crippen LogP contribution in [0.1, 0.15) is 34.3 Å². The Kier molecular flexibility index (Phi) is 5.54. The number of rotatable bonds is 6. The monoisotopic (exact) mass is 366 g/mol. The molecule has 0 unspecified atom stereocenters. The lowest BCUT2D eigenvalue weighted by Gasteiger charge is -2.18. The minimum absolute atomic E-state index is 0.0920. The normalized spacial score (nSPS) is 13.8. The molecular weight excluding hydrogens is 344 g/mol. The van der Waals surface area contributed by atoms with Crippen molar-refractivity contribution in [2.75, 3.05) is 14.2 Å². The molecule has 0 bridgehead atoms. The molecule has 3 amide bonds. The van der Waals surface area contributed by atoms with E-state index in [9.17, 15) is 14.4 Å². The van der Waals surface area contributed by atoms with Crippen LogP contribution in [0, 0.1) is 0 Å². The number of methoxy groups -OCH3 is 1. The van der Waals surface area contributed by atoms with Gasteiger partial charge in [-0.2, -0.15) is 0 Å². The Morgan fingerprint density at radius 1 is 0.963 bits per heavy atom. The molecule has 0 spiro atoms. The van der Waals surface area contributed by atoms with Crippen LogP contribution in [-0.4, -0.2) is 41.7 Å². The molecule has 1 saturated heterocycles. The summed E-state index contributed by atoms with van der Waals surface area (Å²) in [6.07, 6.45) is 0.567. The molecule has 0 atom stereocenters. The van der Waals surface area contributed by atoms with Gasteiger partial charge in [0, 0.05) is 32.0 Å². The fraction of sp³-hybridized carbons (Fsp3) is 0.286. The Hall–Kier alpha value is -3.15. The predicted molar refractivity (Wildman–Crippen MR) is 100 cm³/mol. The zero-order chi connectivity index (χ0) is 19.4. The topological polar surface area (TPSA) is 66.9 Å². The average Bonchev–Trinajstić information content (AvgIpc) is 3.00. The third-order valence-electron chi connectivity index (χ3n) is 4.62. The Morgan fingerprint density at radius 2 is 1.52 bits per heavy atom. The minimum Gasteiger partial charge on any atom is -0.497 e. The molecule has 1 fully saturated rings. The van der Waals surface area contributed by atoms with Crippen molar-refractivity contribution < 1.29 is 19.1 Å². The van der Waals surface area contributed by atoms with Crippen molar-refractivity contribution >= 4 is 17.7 Å². The Balaban J connectivity index is 1.62. The minimum atomic E-state index is -0.139. The molecule has 140 valence electrons. The lowest BCUT2D eigenvalue weighted by atomic mass is 10.1. The average molecular weight is 366 g/mol. The van der Waals surface area contributed by atoms with E-state index in [0.29, 0.717) is 12.1 Å². The molecule has 3 rings (SSSR count). The fourth-order valence-corrected chi connectivity index (χ4v) is 3.03. The van der Waals surface area contributed by atoms with Crippen LogP contribution in [0.5, 0.6) is 5.75 Å². The van der Waals surface area contributed by atoms with Crippen LogP contribution in [0.15, 0.2) is 48.5 Å². The van der Waals surface area contributed by atoms with Gasteiger partial charge in [0.25, 0.3) is 5.91 Å². The summed E-state index contributed by atoms with van der Waals surface area (Å²) in [6.45, 7) is 0.745. The zero-order valence-electron chi connectivity index (χ0n) is 15.5. The van der Waals surface area contributed by atoms with Gasteiger partial charge in [0.05, 0.1) is 13.7 Å². The summed E-state index contributed by atoms with van der Waals surface area (Å²) >= 11 is 0. The van der Waals surface area contributed by atoms with Crippen LogP contribution < -0.4 is 4.74 Å². The van der Waals surface area contributed by atoms with Gasteiger partial charge < -0.3 is 9.64 Å². The van der Waals surface area contributed by atoms with E-state index in [-0.39, 0.29) is 37.1 Å². The Bertz CT molecular complexity index is 827. The summed E-state index contributed by atoms with van der Waals surface area (Å²) in [5.41, 5.74) is 2.40. The van der Waals surface area contributed by atoms with Crippen molar-refractivity contribution in [2.45, 2.75) is 25.9 Å². The highest BCUT2D eigenvalue weighted by molar-refractivity contribution is 6.01. The molecule has 1 heterocycles. The molecule has 0 aliphatic carbocycles. The molecule has 0 radical (unpaired) electrons. The van der Waals surface area contributed by atoms with Crippen molar-refractivity contribution in [3.05, 3.63) is 65.2 Å². The van der Waals surface area contributed by atoms with Gasteiger partial charge in [-0.15, -0.1) is 0 Å². The summed E-state index contributed by atoms with van der Waals surface area (Å²) in [4.78, 5) is 38.9. The number of nitrogens with zero attached hydrogens (tertiary/aromatic N) is 2. The number of benzene rings is 2. The van der Waals surface area contributed by atoms with E-state index in [1.165, 1.54) is 4.90 Å². The largest absolute Gasteiger partial charge is 0.497 e. The number of carbonyl (C=O) groups excluding carboxylic acids is 3. The van der Waals surface area contributed by atoms with E-state index >= 15 is 0 Å². The molecule has 6 heteroatoms. The molecule has 0 N–H and O–H groups in total. The maximum absolute atomic E-state index is 12.6. The molecule has 0 saturated carbocycles. The molecule has 0 aromatic heterocycles. The third kappa shape index (κ3) is 4.34. The SMILES string of the molecule is COc1ccc(CN(C)C(=O)c2ccc(CN3C(=O)CCC3=O)cc2)cc1. The van der Waals surface area contributed by atoms with Crippen LogP contribution in [0.2, 0.25) is 0 Å². The fourth-order valence-electron chi connectivity index (χ4n) is 3.03. The van der Waals surface area contributed by atoms with E-state index in [0.717, 1.165) is 16.9 Å². The molecule has 27 heavy (non-hydrogen) atoms. The number of amides is 3. The van der Waals surface area contributed by atoms with E-state index in [1.54, 1.807) is 43.3 Å². The van der Waals surface area contributed by atoms with E-state index in [2.05, 4.69) is 0 Å². The summed E-state index contributed by atoms with van der Waals surface area (Å²) in [5.74, 6) is 0.405. The maximum atomic E-state index is 12.6. The summed E-state index contributed by atoms with van der Waals surface area (Å²) in [7, 11) is 3.37. The van der Waals surface area contributed by atoms with Gasteiger partial charge in [0.15, 0.2) is 0 Å². The van der Waals surface area contributed by atoms with Crippen molar-refractivity contribution in [3.8, 4) is 5.75 Å². The number of hydrogen-bond donors (Lipinski definition) is 0. The van der Waals surface area contributed by atoms with E-state index in [4.69, 9.17) is 4.74 Å². The smallest absolute Gasteiger partial charge is 0.253 e. The van der Waals surface area contributed by atoms with Gasteiger partial charge in [-0.05, 0) is 35.4 Å². The van der Waals surface area contributed by atoms with Gasteiger partial charge in [-0.1, -0.05) is 24.3 Å². The highest BCUT2D eigenvalue weighted by Gasteiger charge is 2.28. The predicted octanol–water partition coefficient (Wildman–Crippen LogP) is 2.62. The summed E-state index contributed by atoms with van der Waals surface area (Å²) in [6, 6.07) is 14.6. The Labute approximate surface area is 158 Å². The second-order valence-electron chi connectivity index (χ2n) is 6.58. The first-order valence-corrected chi connectivity index (χ1v) is 8.78. The first-order chi connectivity index (χ1) is 13.0. The number of likely N-dealkylation sites (tertiary alicyclic amines) is 1. The standard InChI is InChI=1S/C21H22N2O4/c1-22(13-15-5-9-18(27-2)10-6-15)21(26)17-7-3-16(4-8-17)14-23-19(24)11-12-20(23)25/h3-10H,11-14H2,1-2H3. The first kappa shape index (κ1) is 18.6. The van der Waals surface area contributed by atoms with E-state index in [1.807, 2.05) is 24.3 Å². The molecule has 1 aliphatic rings. The van der Waals surface area contributed by atoms with Crippen molar-refractivity contribution in [1.29, 1.82) is 0 Å². The van der Waals surface area contributed by atoms with E-state index < -0.39 is 0 Å². The molecule has 2 aromatic rings. The van der Waals surface area contributed by atoms with Crippen molar-refractivity contribution in [3.63, 3.8) is 0 Å². The van der Waals surface area contributed by atoms with Crippen LogP contribution >= 0.6 is 0 Å². The number of hydrogen-bond acceptors (Lipinski definition) is 4. The van der Waals surface area contributed by atoms with Crippen LogP contribution in [0.3, 0.4) is 0 Å².